The number of aryl methyl sites for hydroxylation is 1. The van der Waals surface area contributed by atoms with Crippen LogP contribution in [0.4, 0.5) is 4.39 Å². The number of nitrogens with zero attached hydrogens (tertiary/aromatic N) is 1. The van der Waals surface area contributed by atoms with Crippen LogP contribution in [0.5, 0.6) is 0 Å². The molecule has 0 aromatic heterocycles. The van der Waals surface area contributed by atoms with E-state index in [2.05, 4.69) is 0 Å². The molecule has 0 saturated heterocycles. The first-order chi connectivity index (χ1) is 8.60. The van der Waals surface area contributed by atoms with E-state index in [0.29, 0.717) is 37.4 Å². The minimum Gasteiger partial charge on any atom is -0.380 e. The van der Waals surface area contributed by atoms with E-state index in [-0.39, 0.29) is 11.7 Å². The summed E-state index contributed by atoms with van der Waals surface area (Å²) >= 11 is 0. The van der Waals surface area contributed by atoms with Crippen LogP contribution in [-0.2, 0) is 4.74 Å². The van der Waals surface area contributed by atoms with E-state index in [1.807, 2.05) is 13.8 Å². The molecule has 3 nitrogen and oxygen atoms in total. The molecule has 0 spiro atoms. The SMILES string of the molecule is CCOCCN(CC)C(=O)c1ccc(F)cc1C. The number of rotatable bonds is 6. The van der Waals surface area contributed by atoms with E-state index < -0.39 is 0 Å². The highest BCUT2D eigenvalue weighted by molar-refractivity contribution is 5.95. The predicted molar refractivity (Wildman–Crippen MR) is 69.2 cm³/mol. The molecular weight excluding hydrogens is 233 g/mol. The van der Waals surface area contributed by atoms with E-state index in [4.69, 9.17) is 4.74 Å². The van der Waals surface area contributed by atoms with Gasteiger partial charge in [0.15, 0.2) is 0 Å². The highest BCUT2D eigenvalue weighted by Gasteiger charge is 2.16. The number of likely N-dealkylation sites (N-methyl/N-ethyl adjacent to an activating group) is 1. The molecule has 0 fully saturated rings. The van der Waals surface area contributed by atoms with E-state index in [1.165, 1.54) is 18.2 Å². The van der Waals surface area contributed by atoms with Crippen molar-refractivity contribution in [2.24, 2.45) is 0 Å². The second kappa shape index (κ2) is 7.11. The molecule has 0 N–H and O–H groups in total. The van der Waals surface area contributed by atoms with Crippen molar-refractivity contribution >= 4 is 5.91 Å². The third-order valence-electron chi connectivity index (χ3n) is 2.80. The summed E-state index contributed by atoms with van der Waals surface area (Å²) in [5.41, 5.74) is 1.21. The Morgan fingerprint density at radius 3 is 2.67 bits per heavy atom. The Morgan fingerprint density at radius 1 is 1.39 bits per heavy atom. The third kappa shape index (κ3) is 3.81. The molecule has 4 heteroatoms. The summed E-state index contributed by atoms with van der Waals surface area (Å²) in [4.78, 5) is 14.0. The fraction of sp³-hybridized carbons (Fsp3) is 0.500. The van der Waals surface area contributed by atoms with Gasteiger partial charge in [0.25, 0.3) is 5.91 Å². The van der Waals surface area contributed by atoms with Gasteiger partial charge < -0.3 is 9.64 Å². The topological polar surface area (TPSA) is 29.5 Å². The number of hydrogen-bond donors (Lipinski definition) is 0. The van der Waals surface area contributed by atoms with Crippen LogP contribution >= 0.6 is 0 Å². The Bertz CT molecular complexity index is 407. The number of benzene rings is 1. The summed E-state index contributed by atoms with van der Waals surface area (Å²) in [5, 5.41) is 0. The van der Waals surface area contributed by atoms with Crippen LogP contribution in [0.2, 0.25) is 0 Å². The molecule has 0 radical (unpaired) electrons. The molecule has 1 rings (SSSR count). The number of carbonyl (C=O) groups is 1. The first-order valence-electron chi connectivity index (χ1n) is 6.23. The fourth-order valence-corrected chi connectivity index (χ4v) is 1.76. The van der Waals surface area contributed by atoms with Gasteiger partial charge in [-0.1, -0.05) is 0 Å². The Hall–Kier alpha value is -1.42. The monoisotopic (exact) mass is 253 g/mol. The van der Waals surface area contributed by atoms with Crippen LogP contribution in [0, 0.1) is 12.7 Å². The molecule has 0 aliphatic carbocycles. The second-order valence-electron chi connectivity index (χ2n) is 4.04. The van der Waals surface area contributed by atoms with Gasteiger partial charge in [-0.05, 0) is 44.5 Å². The van der Waals surface area contributed by atoms with Gasteiger partial charge in [0.2, 0.25) is 0 Å². The molecule has 0 aliphatic rings. The summed E-state index contributed by atoms with van der Waals surface area (Å²) in [6.07, 6.45) is 0. The summed E-state index contributed by atoms with van der Waals surface area (Å²) in [6.45, 7) is 7.91. The summed E-state index contributed by atoms with van der Waals surface area (Å²) < 4.78 is 18.2. The molecule has 0 unspecified atom stereocenters. The van der Waals surface area contributed by atoms with E-state index in [1.54, 1.807) is 11.8 Å². The Labute approximate surface area is 108 Å². The lowest BCUT2D eigenvalue weighted by Gasteiger charge is -2.21. The standard InChI is InChI=1S/C14H20FNO2/c1-4-16(8-9-18-5-2)14(17)13-7-6-12(15)10-11(13)3/h6-7,10H,4-5,8-9H2,1-3H3. The van der Waals surface area contributed by atoms with Gasteiger partial charge in [-0.2, -0.15) is 0 Å². The zero-order valence-electron chi connectivity index (χ0n) is 11.2. The van der Waals surface area contributed by atoms with Crippen molar-refractivity contribution in [1.82, 2.24) is 4.90 Å². The van der Waals surface area contributed by atoms with Crippen LogP contribution < -0.4 is 0 Å². The molecular formula is C14H20FNO2. The maximum atomic E-state index is 13.0. The molecule has 1 amide bonds. The van der Waals surface area contributed by atoms with Crippen LogP contribution in [0.25, 0.3) is 0 Å². The number of halogens is 1. The molecule has 0 heterocycles. The minimum atomic E-state index is -0.318. The highest BCUT2D eigenvalue weighted by atomic mass is 19.1. The number of ether oxygens (including phenoxy) is 1. The van der Waals surface area contributed by atoms with Gasteiger partial charge in [0.1, 0.15) is 5.82 Å². The van der Waals surface area contributed by atoms with Gasteiger partial charge in [0, 0.05) is 25.3 Å². The Morgan fingerprint density at radius 2 is 2.11 bits per heavy atom. The van der Waals surface area contributed by atoms with Crippen LogP contribution in [0.1, 0.15) is 29.8 Å². The van der Waals surface area contributed by atoms with Crippen LogP contribution in [-0.4, -0.2) is 37.1 Å². The third-order valence-corrected chi connectivity index (χ3v) is 2.80. The van der Waals surface area contributed by atoms with Crippen molar-refractivity contribution in [1.29, 1.82) is 0 Å². The molecule has 100 valence electrons. The van der Waals surface area contributed by atoms with Crippen LogP contribution in [0.15, 0.2) is 18.2 Å². The zero-order chi connectivity index (χ0) is 13.5. The van der Waals surface area contributed by atoms with E-state index in [0.717, 1.165) is 0 Å². The van der Waals surface area contributed by atoms with Gasteiger partial charge in [-0.3, -0.25) is 4.79 Å². The van der Waals surface area contributed by atoms with E-state index >= 15 is 0 Å². The largest absolute Gasteiger partial charge is 0.380 e. The lowest BCUT2D eigenvalue weighted by molar-refractivity contribution is 0.0668. The van der Waals surface area contributed by atoms with Gasteiger partial charge in [-0.25, -0.2) is 4.39 Å². The molecule has 0 atom stereocenters. The molecule has 1 aromatic carbocycles. The number of amides is 1. The van der Waals surface area contributed by atoms with Crippen molar-refractivity contribution in [2.75, 3.05) is 26.3 Å². The van der Waals surface area contributed by atoms with Gasteiger partial charge in [-0.15, -0.1) is 0 Å². The number of hydrogen-bond acceptors (Lipinski definition) is 2. The first-order valence-corrected chi connectivity index (χ1v) is 6.23. The molecule has 0 bridgehead atoms. The lowest BCUT2D eigenvalue weighted by Crippen LogP contribution is -2.34. The minimum absolute atomic E-state index is 0.0743. The first kappa shape index (κ1) is 14.6. The quantitative estimate of drug-likeness (QED) is 0.729. The molecule has 0 saturated carbocycles. The Kier molecular flexibility index (Phi) is 5.78. The maximum Gasteiger partial charge on any atom is 0.254 e. The van der Waals surface area contributed by atoms with Crippen LogP contribution in [0.3, 0.4) is 0 Å². The summed E-state index contributed by atoms with van der Waals surface area (Å²) in [5.74, 6) is -0.392. The average molecular weight is 253 g/mol. The molecule has 18 heavy (non-hydrogen) atoms. The average Bonchev–Trinajstić information content (AvgIpc) is 2.34. The highest BCUT2D eigenvalue weighted by Crippen LogP contribution is 2.12. The van der Waals surface area contributed by atoms with Crippen molar-refractivity contribution in [3.63, 3.8) is 0 Å². The fourth-order valence-electron chi connectivity index (χ4n) is 1.76. The van der Waals surface area contributed by atoms with Crippen molar-refractivity contribution in [3.05, 3.63) is 35.1 Å². The predicted octanol–water partition coefficient (Wildman–Crippen LogP) is 2.63. The summed E-state index contributed by atoms with van der Waals surface area (Å²) in [6, 6.07) is 4.23. The van der Waals surface area contributed by atoms with E-state index in [9.17, 15) is 9.18 Å². The van der Waals surface area contributed by atoms with Crippen molar-refractivity contribution < 1.29 is 13.9 Å². The molecule has 0 aliphatic heterocycles. The zero-order valence-corrected chi connectivity index (χ0v) is 11.2. The van der Waals surface area contributed by atoms with Crippen molar-refractivity contribution in [2.45, 2.75) is 20.8 Å². The second-order valence-corrected chi connectivity index (χ2v) is 4.04. The van der Waals surface area contributed by atoms with Crippen molar-refractivity contribution in [3.8, 4) is 0 Å². The normalized spacial score (nSPS) is 10.4. The van der Waals surface area contributed by atoms with Gasteiger partial charge in [0.05, 0.1) is 6.61 Å². The lowest BCUT2D eigenvalue weighted by atomic mass is 10.1. The number of carbonyl (C=O) groups excluding carboxylic acids is 1. The van der Waals surface area contributed by atoms with Gasteiger partial charge >= 0.3 is 0 Å². The molecule has 1 aromatic rings. The smallest absolute Gasteiger partial charge is 0.254 e. The summed E-state index contributed by atoms with van der Waals surface area (Å²) in [7, 11) is 0. The Balaban J connectivity index is 2.76. The maximum absolute atomic E-state index is 13.0.